The Hall–Kier alpha value is -4.32. The van der Waals surface area contributed by atoms with E-state index in [-0.39, 0.29) is 40.9 Å². The average molecular weight is 590 g/mol. The number of carbonyl (C=O) groups excluding carboxylic acids is 2. The summed E-state index contributed by atoms with van der Waals surface area (Å²) in [5, 5.41) is 5.28. The molecule has 2 aromatic heterocycles. The van der Waals surface area contributed by atoms with Crippen LogP contribution >= 0.6 is 0 Å². The number of carbonyl (C=O) groups is 2. The van der Waals surface area contributed by atoms with Crippen molar-refractivity contribution in [2.24, 2.45) is 0 Å². The predicted molar refractivity (Wildman–Crippen MR) is 160 cm³/mol. The van der Waals surface area contributed by atoms with Gasteiger partial charge in [0.05, 0.1) is 30.1 Å². The van der Waals surface area contributed by atoms with E-state index in [4.69, 9.17) is 19.4 Å². The number of nitrogens with zero attached hydrogens (tertiary/aromatic N) is 5. The van der Waals surface area contributed by atoms with Gasteiger partial charge in [0.15, 0.2) is 0 Å². The van der Waals surface area contributed by atoms with E-state index in [0.717, 1.165) is 24.2 Å². The molecule has 6 rings (SSSR count). The predicted octanol–water partition coefficient (Wildman–Crippen LogP) is 4.94. The normalized spacial score (nSPS) is 20.7. The van der Waals surface area contributed by atoms with E-state index in [0.29, 0.717) is 43.4 Å². The van der Waals surface area contributed by atoms with Crippen LogP contribution in [0.25, 0.3) is 11.3 Å². The second-order valence-electron chi connectivity index (χ2n) is 12.0. The van der Waals surface area contributed by atoms with Gasteiger partial charge in [-0.2, -0.15) is 4.98 Å². The molecule has 43 heavy (non-hydrogen) atoms. The standard InChI is InChI=1S/C31H36FN7O4/c1-6-38-16-31(4,5)43-27-25(28(38)40)26(36-29(37-27)39-14-21-8-9-22(15-39)42-21)19-7-10-24(23(32)13-19)35-30(41)34-20-11-17(2)33-18(3)12-20/h7,10-13,21-22H,6,8-9,14-16H2,1-5H3,(H2,33,34,35,41). The van der Waals surface area contributed by atoms with E-state index in [9.17, 15) is 9.59 Å². The van der Waals surface area contributed by atoms with Crippen LogP contribution in [0.4, 0.5) is 26.5 Å². The summed E-state index contributed by atoms with van der Waals surface area (Å²) < 4.78 is 27.9. The molecular formula is C31H36FN7O4. The topological polar surface area (TPSA) is 122 Å². The summed E-state index contributed by atoms with van der Waals surface area (Å²) in [4.78, 5) is 44.2. The van der Waals surface area contributed by atoms with E-state index in [1.807, 2.05) is 34.6 Å². The van der Waals surface area contributed by atoms with Gasteiger partial charge < -0.3 is 29.9 Å². The molecule has 2 unspecified atom stereocenters. The zero-order valence-electron chi connectivity index (χ0n) is 25.0. The maximum atomic E-state index is 15.6. The monoisotopic (exact) mass is 589 g/mol. The number of pyridine rings is 1. The Morgan fingerprint density at radius 1 is 1.05 bits per heavy atom. The van der Waals surface area contributed by atoms with Crippen molar-refractivity contribution >= 4 is 29.3 Å². The lowest BCUT2D eigenvalue weighted by Gasteiger charge is -2.33. The summed E-state index contributed by atoms with van der Waals surface area (Å²) >= 11 is 0. The van der Waals surface area contributed by atoms with Crippen molar-refractivity contribution in [3.8, 4) is 17.1 Å². The van der Waals surface area contributed by atoms with Gasteiger partial charge in [-0.1, -0.05) is 6.07 Å². The van der Waals surface area contributed by atoms with Crippen molar-refractivity contribution in [1.29, 1.82) is 0 Å². The Kier molecular flexibility index (Phi) is 7.41. The minimum absolute atomic E-state index is 0.0206. The Balaban J connectivity index is 1.36. The molecule has 1 aromatic carbocycles. The lowest BCUT2D eigenvalue weighted by atomic mass is 10.0. The molecule has 3 aliphatic heterocycles. The fourth-order valence-electron chi connectivity index (χ4n) is 6.02. The highest BCUT2D eigenvalue weighted by Crippen LogP contribution is 2.38. The van der Waals surface area contributed by atoms with Crippen LogP contribution < -0.4 is 20.3 Å². The number of morpholine rings is 1. The van der Waals surface area contributed by atoms with Crippen molar-refractivity contribution in [3.63, 3.8) is 0 Å². The van der Waals surface area contributed by atoms with Crippen molar-refractivity contribution in [2.45, 2.75) is 65.3 Å². The smallest absolute Gasteiger partial charge is 0.323 e. The largest absolute Gasteiger partial charge is 0.469 e. The van der Waals surface area contributed by atoms with Gasteiger partial charge in [0.2, 0.25) is 11.8 Å². The minimum atomic E-state index is -0.706. The summed E-state index contributed by atoms with van der Waals surface area (Å²) in [7, 11) is 0. The first-order valence-corrected chi connectivity index (χ1v) is 14.6. The van der Waals surface area contributed by atoms with E-state index in [1.165, 1.54) is 12.1 Å². The Labute approximate surface area is 249 Å². The highest BCUT2D eigenvalue weighted by Gasteiger charge is 2.39. The molecular weight excluding hydrogens is 553 g/mol. The van der Waals surface area contributed by atoms with Gasteiger partial charge in [-0.25, -0.2) is 14.2 Å². The zero-order valence-corrected chi connectivity index (χ0v) is 25.0. The van der Waals surface area contributed by atoms with Crippen LogP contribution in [0.15, 0.2) is 30.3 Å². The highest BCUT2D eigenvalue weighted by atomic mass is 19.1. The number of rotatable bonds is 5. The first kappa shape index (κ1) is 28.8. The van der Waals surface area contributed by atoms with Crippen LogP contribution in [0.2, 0.25) is 0 Å². The van der Waals surface area contributed by atoms with Crippen LogP contribution in [0.5, 0.6) is 5.88 Å². The molecule has 2 bridgehead atoms. The second kappa shape index (κ2) is 11.1. The lowest BCUT2D eigenvalue weighted by Crippen LogP contribution is -2.43. The summed E-state index contributed by atoms with van der Waals surface area (Å²) in [6.07, 6.45) is 2.13. The molecule has 5 heterocycles. The second-order valence-corrected chi connectivity index (χ2v) is 12.0. The van der Waals surface area contributed by atoms with E-state index < -0.39 is 17.4 Å². The Morgan fingerprint density at radius 3 is 2.40 bits per heavy atom. The quantitative estimate of drug-likeness (QED) is 0.429. The molecule has 3 aromatic rings. The van der Waals surface area contributed by atoms with E-state index in [2.05, 4.69) is 20.5 Å². The molecule has 2 fully saturated rings. The molecule has 2 saturated heterocycles. The maximum Gasteiger partial charge on any atom is 0.323 e. The third kappa shape index (κ3) is 5.96. The number of anilines is 3. The first-order valence-electron chi connectivity index (χ1n) is 14.6. The van der Waals surface area contributed by atoms with Gasteiger partial charge in [-0.3, -0.25) is 9.78 Å². The van der Waals surface area contributed by atoms with Gasteiger partial charge in [0, 0.05) is 42.3 Å². The number of benzene rings is 1. The fraction of sp³-hybridized carbons (Fsp3) is 0.452. The van der Waals surface area contributed by atoms with Crippen LogP contribution in [-0.2, 0) is 4.74 Å². The number of fused-ring (bicyclic) bond motifs is 3. The van der Waals surface area contributed by atoms with Crippen molar-refractivity contribution < 1.29 is 23.5 Å². The number of likely N-dealkylation sites (N-methyl/N-ethyl adjacent to an activating group) is 1. The van der Waals surface area contributed by atoms with Crippen LogP contribution in [0.3, 0.4) is 0 Å². The molecule has 12 heteroatoms. The molecule has 226 valence electrons. The van der Waals surface area contributed by atoms with Gasteiger partial charge in [0.1, 0.15) is 17.0 Å². The summed E-state index contributed by atoms with van der Waals surface area (Å²) in [6.45, 7) is 11.4. The third-order valence-corrected chi connectivity index (χ3v) is 7.85. The molecule has 11 nitrogen and oxygen atoms in total. The summed E-state index contributed by atoms with van der Waals surface area (Å²) in [5.41, 5.74) is 2.16. The molecule has 2 N–H and O–H groups in total. The Morgan fingerprint density at radius 2 is 1.74 bits per heavy atom. The SMILES string of the molecule is CCN1CC(C)(C)Oc2nc(N3CC4CCC(C3)O4)nc(-c3ccc(NC(=O)Nc4cc(C)nc(C)c4)c(F)c3)c2C1=O. The molecule has 0 saturated carbocycles. The average Bonchev–Trinajstić information content (AvgIpc) is 3.23. The number of hydrogen-bond donors (Lipinski definition) is 2. The number of ether oxygens (including phenoxy) is 2. The molecule has 3 amide bonds. The van der Waals surface area contributed by atoms with Crippen molar-refractivity contribution in [3.05, 3.63) is 53.1 Å². The first-order chi connectivity index (χ1) is 20.5. The van der Waals surface area contributed by atoms with Crippen molar-refractivity contribution in [1.82, 2.24) is 19.9 Å². The number of hydrogen-bond acceptors (Lipinski definition) is 8. The number of aryl methyl sites for hydroxylation is 2. The Bertz CT molecular complexity index is 1560. The number of halogens is 1. The molecule has 0 radical (unpaired) electrons. The minimum Gasteiger partial charge on any atom is -0.469 e. The van der Waals surface area contributed by atoms with Gasteiger partial charge in [-0.15, -0.1) is 0 Å². The van der Waals surface area contributed by atoms with Gasteiger partial charge in [0.25, 0.3) is 5.91 Å². The summed E-state index contributed by atoms with van der Waals surface area (Å²) in [6, 6.07) is 7.22. The molecule has 3 aliphatic rings. The van der Waals surface area contributed by atoms with E-state index in [1.54, 1.807) is 23.1 Å². The van der Waals surface area contributed by atoms with Gasteiger partial charge >= 0.3 is 6.03 Å². The molecule has 0 aliphatic carbocycles. The number of amides is 3. The highest BCUT2D eigenvalue weighted by molar-refractivity contribution is 6.03. The third-order valence-electron chi connectivity index (χ3n) is 7.85. The van der Waals surface area contributed by atoms with Crippen LogP contribution in [-0.4, -0.2) is 75.8 Å². The van der Waals surface area contributed by atoms with Gasteiger partial charge in [-0.05, 0) is 71.7 Å². The van der Waals surface area contributed by atoms with E-state index >= 15 is 4.39 Å². The summed E-state index contributed by atoms with van der Waals surface area (Å²) in [5.74, 6) is -0.374. The fourth-order valence-corrected chi connectivity index (χ4v) is 6.02. The number of aromatic nitrogens is 3. The van der Waals surface area contributed by atoms with Crippen molar-refractivity contribution in [2.75, 3.05) is 41.7 Å². The number of urea groups is 1. The van der Waals surface area contributed by atoms with Crippen LogP contribution in [0, 0.1) is 19.7 Å². The molecule has 0 spiro atoms. The zero-order chi connectivity index (χ0) is 30.5. The lowest BCUT2D eigenvalue weighted by molar-refractivity contribution is 0.0297. The number of nitrogens with one attached hydrogen (secondary N) is 2. The maximum absolute atomic E-state index is 15.6. The van der Waals surface area contributed by atoms with Crippen LogP contribution in [0.1, 0.15) is 55.4 Å². The molecule has 2 atom stereocenters.